The first kappa shape index (κ1) is 27.5. The lowest BCUT2D eigenvalue weighted by Gasteiger charge is -2.43. The molecule has 0 bridgehead atoms. The molecule has 39 heavy (non-hydrogen) atoms. The number of ether oxygens (including phenoxy) is 1. The van der Waals surface area contributed by atoms with E-state index in [1.807, 2.05) is 83.8 Å². The molecule has 2 unspecified atom stereocenters. The van der Waals surface area contributed by atoms with Crippen molar-refractivity contribution in [3.05, 3.63) is 104 Å². The van der Waals surface area contributed by atoms with Gasteiger partial charge in [-0.2, -0.15) is 0 Å². The minimum Gasteiger partial charge on any atom is -0.367 e. The maximum absolute atomic E-state index is 13.8. The summed E-state index contributed by atoms with van der Waals surface area (Å²) < 4.78 is 8.60. The van der Waals surface area contributed by atoms with E-state index in [-0.39, 0.29) is 30.2 Å². The third-order valence-electron chi connectivity index (χ3n) is 7.33. The fraction of sp³-hybridized carbons (Fsp3) is 0.323. The van der Waals surface area contributed by atoms with E-state index in [0.29, 0.717) is 37.1 Å². The van der Waals surface area contributed by atoms with Crippen LogP contribution in [0.3, 0.4) is 0 Å². The van der Waals surface area contributed by atoms with Crippen molar-refractivity contribution in [1.82, 2.24) is 19.4 Å². The first-order valence-corrected chi connectivity index (χ1v) is 14.5. The van der Waals surface area contributed by atoms with Crippen molar-refractivity contribution in [2.45, 2.75) is 39.0 Å². The van der Waals surface area contributed by atoms with E-state index < -0.39 is 0 Å². The molecule has 0 N–H and O–H groups in total. The number of rotatable bonds is 8. The van der Waals surface area contributed by atoms with Crippen LogP contribution in [-0.4, -0.2) is 57.5 Å². The summed E-state index contributed by atoms with van der Waals surface area (Å²) in [6.07, 6.45) is 0.788. The summed E-state index contributed by atoms with van der Waals surface area (Å²) in [5.74, 6) is 0.742. The van der Waals surface area contributed by atoms with Gasteiger partial charge in [-0.25, -0.2) is 4.98 Å². The van der Waals surface area contributed by atoms with Gasteiger partial charge >= 0.3 is 0 Å². The van der Waals surface area contributed by atoms with E-state index in [1.165, 1.54) is 0 Å². The van der Waals surface area contributed by atoms with Gasteiger partial charge in [-0.1, -0.05) is 49.4 Å². The van der Waals surface area contributed by atoms with Crippen molar-refractivity contribution in [1.29, 1.82) is 0 Å². The Morgan fingerprint density at radius 1 is 1.03 bits per heavy atom. The molecule has 7 nitrogen and oxygen atoms in total. The van der Waals surface area contributed by atoms with Crippen LogP contribution in [0.2, 0.25) is 0 Å². The maximum Gasteiger partial charge on any atom is 0.266 e. The highest BCUT2D eigenvalue weighted by molar-refractivity contribution is 14.1. The summed E-state index contributed by atoms with van der Waals surface area (Å²) in [7, 11) is 0. The molecule has 1 amide bonds. The van der Waals surface area contributed by atoms with Crippen LogP contribution in [0.4, 0.5) is 0 Å². The molecular formula is C31H33IN4O3. The quantitative estimate of drug-likeness (QED) is 0.249. The first-order chi connectivity index (χ1) is 19.0. The maximum atomic E-state index is 13.8. The van der Waals surface area contributed by atoms with Gasteiger partial charge in [-0.3, -0.25) is 19.1 Å². The zero-order valence-electron chi connectivity index (χ0n) is 22.3. The van der Waals surface area contributed by atoms with E-state index in [2.05, 4.69) is 41.3 Å². The number of hydrogen-bond donors (Lipinski definition) is 0. The Labute approximate surface area is 242 Å². The molecule has 1 fully saturated rings. The van der Waals surface area contributed by atoms with Crippen LogP contribution in [0.15, 0.2) is 83.7 Å². The monoisotopic (exact) mass is 636 g/mol. The molecule has 8 heteroatoms. The lowest BCUT2D eigenvalue weighted by Crippen LogP contribution is -2.55. The molecule has 0 saturated carbocycles. The molecule has 2 heterocycles. The Hall–Kier alpha value is -3.08. The van der Waals surface area contributed by atoms with Gasteiger partial charge in [0.25, 0.3) is 5.56 Å². The third-order valence-corrected chi connectivity index (χ3v) is 8.05. The lowest BCUT2D eigenvalue weighted by molar-refractivity contribution is -0.141. The largest absolute Gasteiger partial charge is 0.367 e. The second kappa shape index (κ2) is 12.4. The fourth-order valence-corrected chi connectivity index (χ4v) is 5.73. The van der Waals surface area contributed by atoms with Crippen molar-refractivity contribution < 1.29 is 9.53 Å². The number of halogens is 1. The Morgan fingerprint density at radius 2 is 1.74 bits per heavy atom. The summed E-state index contributed by atoms with van der Waals surface area (Å²) >= 11 is 2.27. The Balaban J connectivity index is 1.37. The number of hydrogen-bond acceptors (Lipinski definition) is 5. The van der Waals surface area contributed by atoms with Gasteiger partial charge in [-0.15, -0.1) is 0 Å². The molecule has 1 saturated heterocycles. The molecule has 2 atom stereocenters. The number of benzene rings is 3. The van der Waals surface area contributed by atoms with Gasteiger partial charge in [0.2, 0.25) is 5.91 Å². The summed E-state index contributed by atoms with van der Waals surface area (Å²) in [5, 5.41) is 0.605. The van der Waals surface area contributed by atoms with Gasteiger partial charge in [0.15, 0.2) is 0 Å². The number of nitrogens with zero attached hydrogens (tertiary/aromatic N) is 4. The zero-order chi connectivity index (χ0) is 27.4. The molecular weight excluding hydrogens is 603 g/mol. The van der Waals surface area contributed by atoms with Gasteiger partial charge < -0.3 is 9.64 Å². The van der Waals surface area contributed by atoms with Crippen LogP contribution in [0.5, 0.6) is 0 Å². The summed E-state index contributed by atoms with van der Waals surface area (Å²) in [4.78, 5) is 36.1. The van der Waals surface area contributed by atoms with Gasteiger partial charge in [0.05, 0.1) is 29.2 Å². The van der Waals surface area contributed by atoms with Crippen LogP contribution in [-0.2, 0) is 16.1 Å². The number of piperazine rings is 1. The molecule has 202 valence electrons. The fourth-order valence-electron chi connectivity index (χ4n) is 5.37. The van der Waals surface area contributed by atoms with Crippen molar-refractivity contribution in [3.8, 4) is 5.69 Å². The van der Waals surface area contributed by atoms with Crippen molar-refractivity contribution in [2.24, 2.45) is 0 Å². The van der Waals surface area contributed by atoms with E-state index in [4.69, 9.17) is 9.72 Å². The Bertz CT molecular complexity index is 1490. The molecule has 0 radical (unpaired) electrons. The minimum absolute atomic E-state index is 0.00533. The molecule has 0 spiro atoms. The van der Waals surface area contributed by atoms with Gasteiger partial charge in [0.1, 0.15) is 12.4 Å². The number of amides is 1. The van der Waals surface area contributed by atoms with Crippen LogP contribution in [0.1, 0.15) is 37.7 Å². The van der Waals surface area contributed by atoms with Crippen LogP contribution >= 0.6 is 22.6 Å². The Morgan fingerprint density at radius 3 is 2.46 bits per heavy atom. The van der Waals surface area contributed by atoms with E-state index in [9.17, 15) is 9.59 Å². The highest BCUT2D eigenvalue weighted by Crippen LogP contribution is 2.28. The zero-order valence-corrected chi connectivity index (χ0v) is 24.5. The number of aromatic nitrogens is 2. The smallest absolute Gasteiger partial charge is 0.266 e. The van der Waals surface area contributed by atoms with Gasteiger partial charge in [-0.05, 0) is 77.9 Å². The van der Waals surface area contributed by atoms with Crippen molar-refractivity contribution in [3.63, 3.8) is 0 Å². The topological polar surface area (TPSA) is 67.7 Å². The predicted octanol–water partition coefficient (Wildman–Crippen LogP) is 5.19. The number of fused-ring (bicyclic) bond motifs is 1. The van der Waals surface area contributed by atoms with Crippen LogP contribution < -0.4 is 5.56 Å². The molecule has 0 aliphatic carbocycles. The second-order valence-corrected chi connectivity index (χ2v) is 11.2. The summed E-state index contributed by atoms with van der Waals surface area (Å²) in [6.45, 7) is 6.68. The Kier molecular flexibility index (Phi) is 8.74. The van der Waals surface area contributed by atoms with E-state index in [0.717, 1.165) is 27.1 Å². The molecule has 1 aromatic heterocycles. The molecule has 3 aromatic carbocycles. The average molecular weight is 637 g/mol. The average Bonchev–Trinajstić information content (AvgIpc) is 2.95. The first-order valence-electron chi connectivity index (χ1n) is 13.4. The predicted molar refractivity (Wildman–Crippen MR) is 162 cm³/mol. The second-order valence-electron chi connectivity index (χ2n) is 9.94. The number of carbonyl (C=O) groups is 1. The molecule has 1 aliphatic rings. The summed E-state index contributed by atoms with van der Waals surface area (Å²) in [6, 6.07) is 25.3. The van der Waals surface area contributed by atoms with Crippen LogP contribution in [0, 0.1) is 3.57 Å². The summed E-state index contributed by atoms with van der Waals surface area (Å²) in [5.41, 5.74) is 2.50. The SMILES string of the molecule is CCC(c1nc2ccccc2c(=O)n1-c1ccc(I)cc1)N1CCN(C(=O)COCc2ccccc2)C(C)C1. The van der Waals surface area contributed by atoms with Crippen molar-refractivity contribution >= 4 is 39.4 Å². The highest BCUT2D eigenvalue weighted by atomic mass is 127. The molecule has 5 rings (SSSR count). The number of carbonyl (C=O) groups excluding carboxylic acids is 1. The lowest BCUT2D eigenvalue weighted by atomic mass is 10.1. The van der Waals surface area contributed by atoms with Crippen molar-refractivity contribution in [2.75, 3.05) is 26.2 Å². The van der Waals surface area contributed by atoms with E-state index >= 15 is 0 Å². The van der Waals surface area contributed by atoms with Crippen LogP contribution in [0.25, 0.3) is 16.6 Å². The molecule has 4 aromatic rings. The third kappa shape index (κ3) is 6.08. The van der Waals surface area contributed by atoms with E-state index in [1.54, 1.807) is 4.57 Å². The highest BCUT2D eigenvalue weighted by Gasteiger charge is 2.33. The number of para-hydroxylation sites is 1. The van der Waals surface area contributed by atoms with Gasteiger partial charge in [0, 0.05) is 29.2 Å². The minimum atomic E-state index is -0.0735. The normalized spacial score (nSPS) is 16.9. The standard InChI is InChI=1S/C31H33IN4O3/c1-3-28(34-17-18-35(22(2)19-34)29(37)21-39-20-23-9-5-4-6-10-23)30-33-27-12-8-7-11-26(27)31(38)36(30)25-15-13-24(32)14-16-25/h4-16,22,28H,3,17-21H2,1-2H3. The molecule has 1 aliphatic heterocycles.